The third kappa shape index (κ3) is 3.02. The molecule has 23 heavy (non-hydrogen) atoms. The van der Waals surface area contributed by atoms with Gasteiger partial charge in [-0.15, -0.1) is 0 Å². The predicted octanol–water partition coefficient (Wildman–Crippen LogP) is 2.27. The smallest absolute Gasteiger partial charge is 0.257 e. The van der Waals surface area contributed by atoms with Gasteiger partial charge in [0.25, 0.3) is 5.91 Å². The van der Waals surface area contributed by atoms with Gasteiger partial charge in [-0.3, -0.25) is 4.79 Å². The molecular formula is C18H26N2O3. The SMILES string of the molecule is CN(C)C1CCN(C(=O)c2ccc3c(c2O)OC(C)(C)C3)CC1. The Balaban J connectivity index is 1.77. The van der Waals surface area contributed by atoms with E-state index in [2.05, 4.69) is 19.0 Å². The van der Waals surface area contributed by atoms with Crippen molar-refractivity contribution >= 4 is 5.91 Å². The third-order valence-electron chi connectivity index (χ3n) is 4.92. The molecule has 0 spiro atoms. The van der Waals surface area contributed by atoms with Gasteiger partial charge < -0.3 is 19.6 Å². The molecule has 1 fully saturated rings. The quantitative estimate of drug-likeness (QED) is 0.909. The number of piperidine rings is 1. The highest BCUT2D eigenvalue weighted by molar-refractivity contribution is 5.98. The van der Waals surface area contributed by atoms with E-state index in [1.165, 1.54) is 0 Å². The fourth-order valence-electron chi connectivity index (χ4n) is 3.57. The zero-order chi connectivity index (χ0) is 16.8. The average Bonchev–Trinajstić information content (AvgIpc) is 2.82. The first-order valence-corrected chi connectivity index (χ1v) is 8.28. The number of fused-ring (bicyclic) bond motifs is 1. The molecule has 2 heterocycles. The Bertz CT molecular complexity index is 617. The minimum absolute atomic E-state index is 0.00666. The number of likely N-dealkylation sites (tertiary alicyclic amines) is 1. The molecule has 1 aromatic rings. The number of phenolic OH excluding ortho intramolecular Hbond substituents is 1. The molecule has 0 aromatic heterocycles. The maximum atomic E-state index is 12.8. The van der Waals surface area contributed by atoms with E-state index in [-0.39, 0.29) is 17.3 Å². The van der Waals surface area contributed by atoms with E-state index in [0.29, 0.717) is 17.4 Å². The monoisotopic (exact) mass is 318 g/mol. The molecule has 0 atom stereocenters. The van der Waals surface area contributed by atoms with Gasteiger partial charge in [0.05, 0.1) is 5.56 Å². The highest BCUT2D eigenvalue weighted by atomic mass is 16.5. The first-order chi connectivity index (χ1) is 10.8. The van der Waals surface area contributed by atoms with Gasteiger partial charge in [-0.2, -0.15) is 0 Å². The van der Waals surface area contributed by atoms with Crippen molar-refractivity contribution in [3.8, 4) is 11.5 Å². The summed E-state index contributed by atoms with van der Waals surface area (Å²) in [4.78, 5) is 16.8. The number of carbonyl (C=O) groups excluding carboxylic acids is 1. The zero-order valence-electron chi connectivity index (χ0n) is 14.4. The molecular weight excluding hydrogens is 292 g/mol. The molecule has 1 N–H and O–H groups in total. The van der Waals surface area contributed by atoms with Crippen LogP contribution in [0.2, 0.25) is 0 Å². The van der Waals surface area contributed by atoms with E-state index < -0.39 is 0 Å². The highest BCUT2D eigenvalue weighted by Crippen LogP contribution is 2.43. The number of phenols is 1. The minimum Gasteiger partial charge on any atom is -0.504 e. The fraction of sp³-hybridized carbons (Fsp3) is 0.611. The second kappa shape index (κ2) is 5.71. The van der Waals surface area contributed by atoms with Gasteiger partial charge >= 0.3 is 0 Å². The molecule has 1 amide bonds. The first-order valence-electron chi connectivity index (χ1n) is 8.28. The summed E-state index contributed by atoms with van der Waals surface area (Å²) in [5.74, 6) is 0.368. The van der Waals surface area contributed by atoms with Crippen LogP contribution in [-0.4, -0.2) is 59.6 Å². The van der Waals surface area contributed by atoms with E-state index in [1.807, 2.05) is 24.8 Å². The van der Waals surface area contributed by atoms with Gasteiger partial charge in [0.15, 0.2) is 11.5 Å². The Morgan fingerprint density at radius 3 is 2.57 bits per heavy atom. The van der Waals surface area contributed by atoms with Gasteiger partial charge in [-0.1, -0.05) is 6.07 Å². The van der Waals surface area contributed by atoms with E-state index >= 15 is 0 Å². The number of hydrogen-bond donors (Lipinski definition) is 1. The maximum absolute atomic E-state index is 12.8. The third-order valence-corrected chi connectivity index (χ3v) is 4.92. The first kappa shape index (κ1) is 16.1. The summed E-state index contributed by atoms with van der Waals surface area (Å²) in [5, 5.41) is 10.5. The van der Waals surface area contributed by atoms with E-state index in [0.717, 1.165) is 37.9 Å². The molecule has 0 saturated carbocycles. The summed E-state index contributed by atoms with van der Waals surface area (Å²) in [7, 11) is 4.15. The summed E-state index contributed by atoms with van der Waals surface area (Å²) in [6.07, 6.45) is 2.68. The van der Waals surface area contributed by atoms with Gasteiger partial charge in [0.1, 0.15) is 5.60 Å². The van der Waals surface area contributed by atoms with Crippen LogP contribution in [0, 0.1) is 0 Å². The number of ether oxygens (including phenoxy) is 1. The van der Waals surface area contributed by atoms with E-state index in [1.54, 1.807) is 6.07 Å². The average molecular weight is 318 g/mol. The summed E-state index contributed by atoms with van der Waals surface area (Å²) < 4.78 is 5.82. The summed E-state index contributed by atoms with van der Waals surface area (Å²) in [5.41, 5.74) is 0.992. The maximum Gasteiger partial charge on any atom is 0.257 e. The summed E-state index contributed by atoms with van der Waals surface area (Å²) >= 11 is 0. The van der Waals surface area contributed by atoms with Gasteiger partial charge in [0.2, 0.25) is 0 Å². The number of aromatic hydroxyl groups is 1. The second-order valence-corrected chi connectivity index (χ2v) is 7.48. The molecule has 0 radical (unpaired) electrons. The standard InChI is InChI=1S/C18H26N2O3/c1-18(2)11-12-5-6-14(15(21)16(12)23-18)17(22)20-9-7-13(8-10-20)19(3)4/h5-6,13,21H,7-11H2,1-4H3. The summed E-state index contributed by atoms with van der Waals surface area (Å²) in [6.45, 7) is 5.43. The van der Waals surface area contributed by atoms with Crippen LogP contribution in [0.1, 0.15) is 42.6 Å². The molecule has 2 aliphatic rings. The van der Waals surface area contributed by atoms with E-state index in [9.17, 15) is 9.90 Å². The Morgan fingerprint density at radius 2 is 1.96 bits per heavy atom. The van der Waals surface area contributed by atoms with Crippen LogP contribution in [0.3, 0.4) is 0 Å². The van der Waals surface area contributed by atoms with Crippen LogP contribution in [-0.2, 0) is 6.42 Å². The topological polar surface area (TPSA) is 53.0 Å². The summed E-state index contributed by atoms with van der Waals surface area (Å²) in [6, 6.07) is 4.17. The molecule has 126 valence electrons. The number of benzene rings is 1. The van der Waals surface area contributed by atoms with Gasteiger partial charge in [-0.05, 0) is 46.9 Å². The molecule has 5 heteroatoms. The Labute approximate surface area is 137 Å². The van der Waals surface area contributed by atoms with Crippen LogP contribution in [0.4, 0.5) is 0 Å². The van der Waals surface area contributed by atoms with Crippen molar-refractivity contribution in [1.82, 2.24) is 9.80 Å². The molecule has 1 saturated heterocycles. The number of hydrogen-bond acceptors (Lipinski definition) is 4. The van der Waals surface area contributed by atoms with Crippen LogP contribution in [0.5, 0.6) is 11.5 Å². The fourth-order valence-corrected chi connectivity index (χ4v) is 3.57. The molecule has 0 bridgehead atoms. The Morgan fingerprint density at radius 1 is 1.30 bits per heavy atom. The van der Waals surface area contributed by atoms with Crippen molar-refractivity contribution in [3.05, 3.63) is 23.3 Å². The molecule has 0 unspecified atom stereocenters. The molecule has 2 aliphatic heterocycles. The van der Waals surface area contributed by atoms with E-state index in [4.69, 9.17) is 4.74 Å². The van der Waals surface area contributed by atoms with Gasteiger partial charge in [-0.25, -0.2) is 0 Å². The normalized spacial score (nSPS) is 20.5. The largest absolute Gasteiger partial charge is 0.504 e. The molecule has 0 aliphatic carbocycles. The Hall–Kier alpha value is -1.75. The van der Waals surface area contributed by atoms with Crippen LogP contribution in [0.15, 0.2) is 12.1 Å². The van der Waals surface area contributed by atoms with Crippen molar-refractivity contribution < 1.29 is 14.6 Å². The lowest BCUT2D eigenvalue weighted by Crippen LogP contribution is -2.44. The predicted molar refractivity (Wildman–Crippen MR) is 89.1 cm³/mol. The van der Waals surface area contributed by atoms with Crippen molar-refractivity contribution in [2.75, 3.05) is 27.2 Å². The van der Waals surface area contributed by atoms with Crippen molar-refractivity contribution in [3.63, 3.8) is 0 Å². The zero-order valence-corrected chi connectivity index (χ0v) is 14.4. The Kier molecular flexibility index (Phi) is 4.00. The lowest BCUT2D eigenvalue weighted by molar-refractivity contribution is 0.0658. The van der Waals surface area contributed by atoms with Crippen molar-refractivity contribution in [2.45, 2.75) is 44.8 Å². The highest BCUT2D eigenvalue weighted by Gasteiger charge is 2.35. The number of rotatable bonds is 2. The molecule has 1 aromatic carbocycles. The number of nitrogens with zero attached hydrogens (tertiary/aromatic N) is 2. The van der Waals surface area contributed by atoms with Crippen LogP contribution >= 0.6 is 0 Å². The minimum atomic E-state index is -0.328. The van der Waals surface area contributed by atoms with Crippen molar-refractivity contribution in [2.24, 2.45) is 0 Å². The lowest BCUT2D eigenvalue weighted by Gasteiger charge is -2.35. The van der Waals surface area contributed by atoms with Crippen LogP contribution < -0.4 is 4.74 Å². The molecule has 5 nitrogen and oxygen atoms in total. The number of amides is 1. The van der Waals surface area contributed by atoms with Crippen molar-refractivity contribution in [1.29, 1.82) is 0 Å². The second-order valence-electron chi connectivity index (χ2n) is 7.48. The lowest BCUT2D eigenvalue weighted by atomic mass is 9.99. The number of carbonyl (C=O) groups is 1. The van der Waals surface area contributed by atoms with Gasteiger partial charge in [0, 0.05) is 31.1 Å². The molecule has 3 rings (SSSR count). The van der Waals surface area contributed by atoms with Crippen LogP contribution in [0.25, 0.3) is 0 Å².